The molecule has 25 heavy (non-hydrogen) atoms. The van der Waals surface area contributed by atoms with Crippen molar-refractivity contribution in [3.05, 3.63) is 35.4 Å². The van der Waals surface area contributed by atoms with Gasteiger partial charge < -0.3 is 4.74 Å². The van der Waals surface area contributed by atoms with E-state index < -0.39 is 0 Å². The normalized spacial score (nSPS) is 19.8. The van der Waals surface area contributed by atoms with Crippen LogP contribution in [0.5, 0.6) is 5.75 Å². The molecule has 1 aromatic carbocycles. The van der Waals surface area contributed by atoms with Crippen LogP contribution >= 0.6 is 0 Å². The minimum Gasteiger partial charge on any atom is -0.483 e. The van der Waals surface area contributed by atoms with Crippen LogP contribution in [0.3, 0.4) is 0 Å². The van der Waals surface area contributed by atoms with Gasteiger partial charge in [0.2, 0.25) is 5.71 Å². The number of rotatable bonds is 4. The molecule has 3 heteroatoms. The molecule has 134 valence electrons. The second kappa shape index (κ2) is 6.05. The zero-order chi connectivity index (χ0) is 18.4. The van der Waals surface area contributed by atoms with Crippen LogP contribution in [-0.2, 0) is 0 Å². The number of nitrogens with zero attached hydrogens (tertiary/aromatic N) is 1. The Hall–Kier alpha value is -2.03. The van der Waals surface area contributed by atoms with Crippen molar-refractivity contribution in [1.29, 1.82) is 0 Å². The molecule has 3 rings (SSSR count). The van der Waals surface area contributed by atoms with Gasteiger partial charge in [-0.25, -0.2) is 0 Å². The number of hydrogen-bond acceptors (Lipinski definition) is 2. The van der Waals surface area contributed by atoms with Crippen molar-refractivity contribution in [2.24, 2.45) is 5.41 Å². The van der Waals surface area contributed by atoms with Gasteiger partial charge in [0.15, 0.2) is 0 Å². The fraction of sp³-hybridized carbons (Fsp3) is 0.500. The summed E-state index contributed by atoms with van der Waals surface area (Å²) in [6.45, 7) is 12.9. The van der Waals surface area contributed by atoms with Crippen molar-refractivity contribution in [3.8, 4) is 5.75 Å². The van der Waals surface area contributed by atoms with Gasteiger partial charge in [-0.05, 0) is 50.0 Å². The van der Waals surface area contributed by atoms with Crippen LogP contribution in [0, 0.1) is 5.41 Å². The Morgan fingerprint density at radius 2 is 1.96 bits per heavy atom. The molecule has 2 aliphatic heterocycles. The number of benzene rings is 1. The van der Waals surface area contributed by atoms with Gasteiger partial charge in [0, 0.05) is 11.2 Å². The van der Waals surface area contributed by atoms with Crippen molar-refractivity contribution >= 4 is 23.0 Å². The second-order valence-corrected chi connectivity index (χ2v) is 8.32. The maximum absolute atomic E-state index is 10.9. The van der Waals surface area contributed by atoms with Crippen LogP contribution in [0.15, 0.2) is 24.3 Å². The summed E-state index contributed by atoms with van der Waals surface area (Å²) in [5, 5.41) is 10.9. The number of fused-ring (bicyclic) bond motifs is 3. The van der Waals surface area contributed by atoms with Crippen molar-refractivity contribution in [2.45, 2.75) is 66.4 Å². The first-order valence-electron chi connectivity index (χ1n) is 9.33. The smallest absolute Gasteiger partial charge is 0.276 e. The zero-order valence-corrected chi connectivity index (χ0v) is 16.3. The summed E-state index contributed by atoms with van der Waals surface area (Å²) >= 11 is 0. The summed E-state index contributed by atoms with van der Waals surface area (Å²) in [4.78, 5) is 0. The Bertz CT molecular complexity index is 794. The highest BCUT2D eigenvalue weighted by atomic mass is 16.5. The first-order chi connectivity index (χ1) is 11.7. The maximum atomic E-state index is 10.9. The SMILES string of the molecule is CCCC(C)(C)/C=C1\C(CC)=[N+](O)c2c1ccc1c2C=CC(C)(C)O1. The van der Waals surface area contributed by atoms with E-state index in [1.54, 1.807) is 0 Å². The third-order valence-corrected chi connectivity index (χ3v) is 5.03. The molecule has 3 nitrogen and oxygen atoms in total. The molecule has 0 aromatic heterocycles. The van der Waals surface area contributed by atoms with E-state index >= 15 is 0 Å². The van der Waals surface area contributed by atoms with Gasteiger partial charge >= 0.3 is 0 Å². The summed E-state index contributed by atoms with van der Waals surface area (Å²) in [7, 11) is 0. The molecule has 0 saturated heterocycles. The lowest BCUT2D eigenvalue weighted by Crippen LogP contribution is -2.27. The molecule has 0 aliphatic carbocycles. The molecule has 0 amide bonds. The predicted molar refractivity (Wildman–Crippen MR) is 104 cm³/mol. The lowest BCUT2D eigenvalue weighted by atomic mass is 9.83. The average molecular weight is 340 g/mol. The highest BCUT2D eigenvalue weighted by Gasteiger charge is 2.40. The van der Waals surface area contributed by atoms with E-state index in [4.69, 9.17) is 4.74 Å². The molecular formula is C22H30NO2+. The third kappa shape index (κ3) is 3.12. The van der Waals surface area contributed by atoms with E-state index in [0.717, 1.165) is 53.1 Å². The van der Waals surface area contributed by atoms with Crippen LogP contribution in [0.1, 0.15) is 71.9 Å². The Kier molecular flexibility index (Phi) is 4.30. The monoisotopic (exact) mass is 340 g/mol. The van der Waals surface area contributed by atoms with Gasteiger partial charge in [0.05, 0.1) is 16.7 Å². The minimum atomic E-state index is -0.320. The van der Waals surface area contributed by atoms with Gasteiger partial charge in [-0.1, -0.05) is 40.2 Å². The van der Waals surface area contributed by atoms with Crippen molar-refractivity contribution in [2.75, 3.05) is 0 Å². The summed E-state index contributed by atoms with van der Waals surface area (Å²) < 4.78 is 7.45. The van der Waals surface area contributed by atoms with Gasteiger partial charge in [0.25, 0.3) is 5.69 Å². The summed E-state index contributed by atoms with van der Waals surface area (Å²) in [6.07, 6.45) is 9.50. The predicted octanol–water partition coefficient (Wildman–Crippen LogP) is 5.98. The van der Waals surface area contributed by atoms with E-state index in [9.17, 15) is 5.21 Å². The summed E-state index contributed by atoms with van der Waals surface area (Å²) in [5.41, 5.74) is 4.79. The van der Waals surface area contributed by atoms with E-state index in [1.165, 1.54) is 4.74 Å². The van der Waals surface area contributed by atoms with E-state index in [1.807, 2.05) is 19.9 Å². The summed E-state index contributed by atoms with van der Waals surface area (Å²) in [6, 6.07) is 4.12. The fourth-order valence-electron chi connectivity index (χ4n) is 3.90. The largest absolute Gasteiger partial charge is 0.483 e. The number of ether oxygens (including phenoxy) is 1. The van der Waals surface area contributed by atoms with Crippen LogP contribution in [0.2, 0.25) is 0 Å². The fourth-order valence-corrected chi connectivity index (χ4v) is 3.90. The Morgan fingerprint density at radius 3 is 2.60 bits per heavy atom. The van der Waals surface area contributed by atoms with Crippen molar-refractivity contribution < 1.29 is 14.7 Å². The van der Waals surface area contributed by atoms with Gasteiger partial charge in [0.1, 0.15) is 11.4 Å². The van der Waals surface area contributed by atoms with E-state index in [0.29, 0.717) is 0 Å². The molecule has 2 aliphatic rings. The molecule has 0 atom stereocenters. The molecule has 0 radical (unpaired) electrons. The Balaban J connectivity index is 2.19. The summed E-state index contributed by atoms with van der Waals surface area (Å²) in [5.74, 6) is 0.829. The highest BCUT2D eigenvalue weighted by Crippen LogP contribution is 2.45. The second-order valence-electron chi connectivity index (χ2n) is 8.32. The number of hydrogen-bond donors (Lipinski definition) is 1. The first kappa shape index (κ1) is 17.8. The van der Waals surface area contributed by atoms with Crippen LogP contribution < -0.4 is 4.74 Å². The molecule has 1 N–H and O–H groups in total. The van der Waals surface area contributed by atoms with Crippen LogP contribution in [-0.4, -0.2) is 21.3 Å². The molecule has 0 fully saturated rings. The molecule has 0 saturated carbocycles. The third-order valence-electron chi connectivity index (χ3n) is 5.03. The average Bonchev–Trinajstić information content (AvgIpc) is 2.77. The highest BCUT2D eigenvalue weighted by molar-refractivity contribution is 6.25. The number of allylic oxidation sites excluding steroid dienone is 2. The van der Waals surface area contributed by atoms with E-state index in [2.05, 4.69) is 52.0 Å². The molecule has 0 bridgehead atoms. The standard InChI is InChI=1S/C22H30NO2/c1-7-12-21(3,4)14-17-15-9-10-19-16(11-13-22(5,6)25-19)20(15)23(24)18(17)8-2/h9-11,13-14,24H,7-8,12H2,1-6H3/q+1/b17-14-. The van der Waals surface area contributed by atoms with Gasteiger partial charge in [-0.2, -0.15) is 0 Å². The maximum Gasteiger partial charge on any atom is 0.276 e. The molecular weight excluding hydrogens is 310 g/mol. The minimum absolute atomic E-state index is 0.0944. The lowest BCUT2D eigenvalue weighted by molar-refractivity contribution is -0.711. The quantitative estimate of drug-likeness (QED) is 0.540. The molecule has 0 spiro atoms. The van der Waals surface area contributed by atoms with Crippen molar-refractivity contribution in [3.63, 3.8) is 0 Å². The topological polar surface area (TPSA) is 32.5 Å². The zero-order valence-electron chi connectivity index (χ0n) is 16.3. The van der Waals surface area contributed by atoms with Gasteiger partial charge in [-0.3, -0.25) is 5.21 Å². The Labute approximate surface area is 151 Å². The van der Waals surface area contributed by atoms with Gasteiger partial charge in [-0.15, -0.1) is 0 Å². The first-order valence-corrected chi connectivity index (χ1v) is 9.33. The van der Waals surface area contributed by atoms with Crippen molar-refractivity contribution in [1.82, 2.24) is 0 Å². The Morgan fingerprint density at radius 1 is 1.24 bits per heavy atom. The van der Waals surface area contributed by atoms with E-state index in [-0.39, 0.29) is 11.0 Å². The van der Waals surface area contributed by atoms with Crippen LogP contribution in [0.4, 0.5) is 5.69 Å². The van der Waals surface area contributed by atoms with Crippen LogP contribution in [0.25, 0.3) is 11.6 Å². The molecule has 0 unspecified atom stereocenters. The molecule has 2 heterocycles. The molecule has 1 aromatic rings. The lowest BCUT2D eigenvalue weighted by Gasteiger charge is -2.27.